The summed E-state index contributed by atoms with van der Waals surface area (Å²) in [4.78, 5) is 37.8. The Bertz CT molecular complexity index is 1440. The average Bonchev–Trinajstić information content (AvgIpc) is 2.84. The number of phenols is 2. The van der Waals surface area contributed by atoms with E-state index in [0.29, 0.717) is 36.2 Å². The number of nitrogens with two attached hydrogens (primary N) is 1. The molecule has 1 saturated carbocycles. The molecule has 5 rings (SSSR count). The molecule has 0 bridgehead atoms. The van der Waals surface area contributed by atoms with Crippen molar-refractivity contribution in [1.29, 1.82) is 0 Å². The number of hydrogen-bond acceptors (Lipinski definition) is 9. The summed E-state index contributed by atoms with van der Waals surface area (Å²) in [5.41, 5.74) is 7.62. The first kappa shape index (κ1) is 25.3. The molecule has 0 aromatic heterocycles. The fourth-order valence-electron chi connectivity index (χ4n) is 6.13. The zero-order chi connectivity index (χ0) is 27.3. The van der Waals surface area contributed by atoms with Gasteiger partial charge in [-0.15, -0.1) is 0 Å². The second-order valence-electron chi connectivity index (χ2n) is 10.1. The Morgan fingerprint density at radius 3 is 2.53 bits per heavy atom. The summed E-state index contributed by atoms with van der Waals surface area (Å²) in [6, 6.07) is 8.57. The summed E-state index contributed by atoms with van der Waals surface area (Å²) < 4.78 is 0. The summed E-state index contributed by atoms with van der Waals surface area (Å²) >= 11 is 0. The van der Waals surface area contributed by atoms with Crippen molar-refractivity contribution in [2.45, 2.75) is 32.4 Å². The Kier molecular flexibility index (Phi) is 6.36. The number of ketones is 2. The number of rotatable bonds is 6. The van der Waals surface area contributed by atoms with Crippen molar-refractivity contribution in [1.82, 2.24) is 5.32 Å². The smallest absolute Gasteiger partial charge is 0.255 e. The molecule has 10 nitrogen and oxygen atoms in total. The molecule has 38 heavy (non-hydrogen) atoms. The number of benzene rings is 2. The maximum absolute atomic E-state index is 13.6. The van der Waals surface area contributed by atoms with Crippen molar-refractivity contribution < 1.29 is 34.8 Å². The number of primary amides is 1. The summed E-state index contributed by atoms with van der Waals surface area (Å²) in [7, 11) is 1.73. The van der Waals surface area contributed by atoms with Gasteiger partial charge in [-0.3, -0.25) is 14.4 Å². The monoisotopic (exact) mass is 519 g/mol. The largest absolute Gasteiger partial charge is 0.511 e. The van der Waals surface area contributed by atoms with Gasteiger partial charge in [0.1, 0.15) is 28.6 Å². The van der Waals surface area contributed by atoms with Crippen LogP contribution >= 0.6 is 0 Å². The topological polar surface area (TPSA) is 182 Å². The third-order valence-electron chi connectivity index (χ3n) is 7.79. The molecule has 3 aliphatic rings. The molecule has 8 N–H and O–H groups in total. The number of allylic oxidation sites excluding steroid dienone is 2. The minimum atomic E-state index is -1.15. The van der Waals surface area contributed by atoms with Gasteiger partial charge in [0.05, 0.1) is 11.5 Å². The number of phenolic OH excluding ortho intramolecular Hbond substituents is 2. The molecule has 0 radical (unpaired) electrons. The van der Waals surface area contributed by atoms with Crippen molar-refractivity contribution in [2.75, 3.05) is 12.4 Å². The molecule has 2 aromatic rings. The molecule has 0 aliphatic heterocycles. The Labute approximate surface area is 218 Å². The Morgan fingerprint density at radius 2 is 1.84 bits per heavy atom. The lowest BCUT2D eigenvalue weighted by molar-refractivity contribution is -0.127. The normalized spacial score (nSPS) is 22.6. The van der Waals surface area contributed by atoms with Crippen LogP contribution in [0.15, 0.2) is 47.2 Å². The van der Waals surface area contributed by atoms with Crippen LogP contribution in [0, 0.1) is 17.8 Å². The van der Waals surface area contributed by atoms with Crippen molar-refractivity contribution in [2.24, 2.45) is 23.5 Å². The van der Waals surface area contributed by atoms with Crippen molar-refractivity contribution in [3.05, 3.63) is 69.5 Å². The number of carbonyl (C=O) groups is 3. The molecule has 3 atom stereocenters. The van der Waals surface area contributed by atoms with Gasteiger partial charge >= 0.3 is 0 Å². The molecule has 3 unspecified atom stereocenters. The third kappa shape index (κ3) is 4.06. The Morgan fingerprint density at radius 1 is 1.08 bits per heavy atom. The van der Waals surface area contributed by atoms with Gasteiger partial charge in [-0.1, -0.05) is 12.1 Å². The van der Waals surface area contributed by atoms with Crippen LogP contribution in [0.5, 0.6) is 11.5 Å². The highest BCUT2D eigenvalue weighted by atomic mass is 16.3. The maximum Gasteiger partial charge on any atom is 0.255 e. The number of aliphatic hydroxyl groups is 2. The lowest BCUT2D eigenvalue weighted by Crippen LogP contribution is -2.44. The fourth-order valence-corrected chi connectivity index (χ4v) is 6.13. The average molecular weight is 520 g/mol. The number of carbonyl (C=O) groups excluding carboxylic acids is 3. The van der Waals surface area contributed by atoms with Crippen LogP contribution < -0.4 is 16.4 Å². The highest BCUT2D eigenvalue weighted by Gasteiger charge is 2.51. The summed E-state index contributed by atoms with van der Waals surface area (Å²) in [6.07, 6.45) is 0.587. The van der Waals surface area contributed by atoms with Gasteiger partial charge in [0.25, 0.3) is 5.91 Å². The quantitative estimate of drug-likeness (QED) is 0.222. The third-order valence-corrected chi connectivity index (χ3v) is 7.79. The van der Waals surface area contributed by atoms with Crippen LogP contribution in [0.1, 0.15) is 35.1 Å². The first-order chi connectivity index (χ1) is 18.1. The van der Waals surface area contributed by atoms with E-state index in [2.05, 4.69) is 10.6 Å². The molecular weight excluding hydrogens is 490 g/mol. The summed E-state index contributed by atoms with van der Waals surface area (Å²) in [5, 5.41) is 49.2. The van der Waals surface area contributed by atoms with Crippen LogP contribution in [-0.4, -0.2) is 44.9 Å². The molecule has 3 aliphatic carbocycles. The summed E-state index contributed by atoms with van der Waals surface area (Å²) in [6.45, 7) is 0.658. The van der Waals surface area contributed by atoms with Gasteiger partial charge in [-0.2, -0.15) is 0 Å². The molecule has 1 fully saturated rings. The van der Waals surface area contributed by atoms with Gasteiger partial charge in [-0.25, -0.2) is 0 Å². The van der Waals surface area contributed by atoms with Gasteiger partial charge in [0.15, 0.2) is 11.6 Å². The van der Waals surface area contributed by atoms with Crippen LogP contribution in [0.3, 0.4) is 0 Å². The van der Waals surface area contributed by atoms with E-state index in [9.17, 15) is 34.8 Å². The zero-order valence-electron chi connectivity index (χ0n) is 20.7. The number of fused-ring (bicyclic) bond motifs is 3. The van der Waals surface area contributed by atoms with Crippen LogP contribution in [0.4, 0.5) is 5.69 Å². The fraction of sp³-hybridized carbons (Fsp3) is 0.321. The van der Waals surface area contributed by atoms with Crippen LogP contribution in [0.25, 0.3) is 5.76 Å². The number of anilines is 1. The first-order valence-electron chi connectivity index (χ1n) is 12.4. The predicted octanol–water partition coefficient (Wildman–Crippen LogP) is 2.35. The highest BCUT2D eigenvalue weighted by molar-refractivity contribution is 6.21. The molecule has 1 amide bonds. The lowest BCUT2D eigenvalue weighted by atomic mass is 9.61. The second kappa shape index (κ2) is 9.53. The van der Waals surface area contributed by atoms with E-state index < -0.39 is 46.6 Å². The number of amides is 1. The van der Waals surface area contributed by atoms with Gasteiger partial charge in [0.2, 0.25) is 0 Å². The van der Waals surface area contributed by atoms with Gasteiger partial charge in [0, 0.05) is 43.4 Å². The van der Waals surface area contributed by atoms with Crippen molar-refractivity contribution in [3.63, 3.8) is 0 Å². The maximum atomic E-state index is 13.6. The number of hydrogen-bond donors (Lipinski definition) is 7. The Hall–Kier alpha value is -4.31. The van der Waals surface area contributed by atoms with E-state index in [4.69, 9.17) is 5.73 Å². The molecule has 0 heterocycles. The van der Waals surface area contributed by atoms with E-state index in [-0.39, 0.29) is 41.4 Å². The van der Waals surface area contributed by atoms with Gasteiger partial charge in [-0.05, 0) is 54.0 Å². The number of aromatic hydroxyl groups is 2. The first-order valence-corrected chi connectivity index (χ1v) is 12.4. The molecule has 2 aromatic carbocycles. The van der Waals surface area contributed by atoms with Crippen LogP contribution in [0.2, 0.25) is 0 Å². The SMILES string of the molecule is CNc1cc(CNCc2cccc(O)c2)c(O)c2c1CC1CC3CC(=O)C(C(N)=O)=C(O)C3C(=O)C1=C2O. The minimum Gasteiger partial charge on any atom is -0.511 e. The van der Waals surface area contributed by atoms with E-state index in [0.717, 1.165) is 5.56 Å². The standard InChI is InChI=1S/C28H29N3O7/c1-30-18-8-15(11-31-10-12-3-2-4-16(32)5-12)24(34)22-17(18)7-13-6-14-9-19(33)23(28(29)38)27(37)21(14)25(35)20(13)26(22)36/h2-5,8,13-14,21,30-32,34,36-37H,6-7,9-11H2,1H3,(H2,29,38). The van der Waals surface area contributed by atoms with E-state index in [1.165, 1.54) is 0 Å². The molecule has 0 spiro atoms. The van der Waals surface area contributed by atoms with E-state index in [1.54, 1.807) is 31.3 Å². The van der Waals surface area contributed by atoms with Crippen molar-refractivity contribution >= 4 is 28.9 Å². The molecule has 0 saturated heterocycles. The molecule has 10 heteroatoms. The van der Waals surface area contributed by atoms with E-state index in [1.807, 2.05) is 6.07 Å². The van der Waals surface area contributed by atoms with Gasteiger partial charge < -0.3 is 36.8 Å². The lowest BCUT2D eigenvalue weighted by Gasteiger charge is -2.41. The number of nitrogens with one attached hydrogen (secondary N) is 2. The summed E-state index contributed by atoms with van der Waals surface area (Å²) in [5.74, 6) is -5.37. The highest BCUT2D eigenvalue weighted by Crippen LogP contribution is 2.51. The number of aliphatic hydroxyl groups excluding tert-OH is 2. The predicted molar refractivity (Wildman–Crippen MR) is 138 cm³/mol. The zero-order valence-corrected chi connectivity index (χ0v) is 20.7. The van der Waals surface area contributed by atoms with Crippen LogP contribution in [-0.2, 0) is 33.9 Å². The minimum absolute atomic E-state index is 0.0747. The molecule has 198 valence electrons. The second-order valence-corrected chi connectivity index (χ2v) is 10.1. The number of Topliss-reactive ketones (excluding diaryl/α,β-unsaturated/α-hetero) is 2. The van der Waals surface area contributed by atoms with Crippen molar-refractivity contribution in [3.8, 4) is 11.5 Å². The Balaban J connectivity index is 1.52. The van der Waals surface area contributed by atoms with E-state index >= 15 is 0 Å². The molecular formula is C28H29N3O7.